The zero-order valence-electron chi connectivity index (χ0n) is 20.6. The monoisotopic (exact) mass is 488 g/mol. The van der Waals surface area contributed by atoms with Crippen LogP contribution < -0.4 is 9.80 Å². The van der Waals surface area contributed by atoms with Crippen molar-refractivity contribution in [2.75, 3.05) is 23.9 Å². The van der Waals surface area contributed by atoms with Gasteiger partial charge in [-0.1, -0.05) is 36.4 Å². The van der Waals surface area contributed by atoms with Crippen LogP contribution in [0.5, 0.6) is 0 Å². The van der Waals surface area contributed by atoms with Gasteiger partial charge in [0.15, 0.2) is 12.2 Å². The molecule has 0 saturated carbocycles. The van der Waals surface area contributed by atoms with Gasteiger partial charge < -0.3 is 19.3 Å². The van der Waals surface area contributed by atoms with Crippen LogP contribution in [0.25, 0.3) is 0 Å². The first-order valence-electron chi connectivity index (χ1n) is 11.4. The number of amides is 2. The zero-order chi connectivity index (χ0) is 26.2. The van der Waals surface area contributed by atoms with E-state index in [-0.39, 0.29) is 22.9 Å². The second kappa shape index (κ2) is 11.8. The van der Waals surface area contributed by atoms with Crippen molar-refractivity contribution in [1.29, 1.82) is 0 Å². The van der Waals surface area contributed by atoms with E-state index in [1.165, 1.54) is 47.9 Å². The van der Waals surface area contributed by atoms with Crippen LogP contribution in [0.1, 0.15) is 34.6 Å². The van der Waals surface area contributed by atoms with Crippen LogP contribution in [-0.2, 0) is 19.1 Å². The lowest BCUT2D eigenvalue weighted by molar-refractivity contribution is -0.126. The van der Waals surface area contributed by atoms with Gasteiger partial charge in [-0.05, 0) is 62.4 Å². The molecule has 2 atom stereocenters. The SMILES string of the molecule is C[C@@H](OC(=O)c1ccc(C(=O)O[C@H](C)C(=O)N(C)c2ccccc2)cc1)C(=O)N(C)c1ccccc1. The van der Waals surface area contributed by atoms with Crippen LogP contribution in [0.3, 0.4) is 0 Å². The maximum Gasteiger partial charge on any atom is 0.338 e. The van der Waals surface area contributed by atoms with Gasteiger partial charge >= 0.3 is 11.9 Å². The molecule has 0 aromatic heterocycles. The molecule has 8 heteroatoms. The summed E-state index contributed by atoms with van der Waals surface area (Å²) in [6.45, 7) is 2.99. The molecule has 0 bridgehead atoms. The molecule has 36 heavy (non-hydrogen) atoms. The van der Waals surface area contributed by atoms with Crippen molar-refractivity contribution in [2.45, 2.75) is 26.1 Å². The number of hydrogen-bond donors (Lipinski definition) is 0. The van der Waals surface area contributed by atoms with Gasteiger partial charge in [0.1, 0.15) is 0 Å². The van der Waals surface area contributed by atoms with Crippen molar-refractivity contribution >= 4 is 35.1 Å². The zero-order valence-corrected chi connectivity index (χ0v) is 20.6. The molecular weight excluding hydrogens is 460 g/mol. The van der Waals surface area contributed by atoms with Gasteiger partial charge in [0.05, 0.1) is 11.1 Å². The quantitative estimate of drug-likeness (QED) is 0.443. The van der Waals surface area contributed by atoms with Gasteiger partial charge in [-0.25, -0.2) is 9.59 Å². The fraction of sp³-hybridized carbons (Fsp3) is 0.214. The summed E-state index contributed by atoms with van der Waals surface area (Å²) in [5, 5.41) is 0. The maximum atomic E-state index is 12.6. The van der Waals surface area contributed by atoms with E-state index in [0.717, 1.165) is 0 Å². The van der Waals surface area contributed by atoms with Crippen LogP contribution in [0.2, 0.25) is 0 Å². The minimum Gasteiger partial charge on any atom is -0.449 e. The second-order valence-electron chi connectivity index (χ2n) is 8.14. The Hall–Kier alpha value is -4.46. The topological polar surface area (TPSA) is 93.2 Å². The van der Waals surface area contributed by atoms with E-state index in [4.69, 9.17) is 9.47 Å². The first-order chi connectivity index (χ1) is 17.2. The summed E-state index contributed by atoms with van der Waals surface area (Å²) in [6.07, 6.45) is -2.03. The fourth-order valence-corrected chi connectivity index (χ4v) is 3.40. The molecule has 0 fully saturated rings. The van der Waals surface area contributed by atoms with Crippen molar-refractivity contribution in [3.8, 4) is 0 Å². The number of rotatable bonds is 8. The standard InChI is InChI=1S/C28H28N2O6/c1-19(25(31)29(3)23-11-7-5-8-12-23)35-27(33)21-15-17-22(18-16-21)28(34)36-20(2)26(32)30(4)24-13-9-6-10-14-24/h5-20H,1-4H3/t19-,20-/m1/s1. The van der Waals surface area contributed by atoms with Gasteiger partial charge in [-0.3, -0.25) is 9.59 Å². The van der Waals surface area contributed by atoms with Crippen molar-refractivity contribution in [1.82, 2.24) is 0 Å². The molecule has 0 saturated heterocycles. The van der Waals surface area contributed by atoms with E-state index >= 15 is 0 Å². The number of anilines is 2. The minimum atomic E-state index is -1.01. The lowest BCUT2D eigenvalue weighted by atomic mass is 10.1. The van der Waals surface area contributed by atoms with Gasteiger partial charge in [-0.2, -0.15) is 0 Å². The number of para-hydroxylation sites is 2. The van der Waals surface area contributed by atoms with Crippen LogP contribution in [-0.4, -0.2) is 50.1 Å². The molecule has 8 nitrogen and oxygen atoms in total. The predicted octanol–water partition coefficient (Wildman–Crippen LogP) is 4.10. The van der Waals surface area contributed by atoms with Crippen molar-refractivity contribution in [2.24, 2.45) is 0 Å². The van der Waals surface area contributed by atoms with Crippen molar-refractivity contribution < 1.29 is 28.7 Å². The summed E-state index contributed by atoms with van der Waals surface area (Å²) >= 11 is 0. The fourth-order valence-electron chi connectivity index (χ4n) is 3.40. The molecule has 0 spiro atoms. The first kappa shape index (κ1) is 26.2. The number of carbonyl (C=O) groups is 4. The Labute approximate surface area is 210 Å². The second-order valence-corrected chi connectivity index (χ2v) is 8.14. The van der Waals surface area contributed by atoms with Gasteiger partial charge in [0.2, 0.25) is 0 Å². The lowest BCUT2D eigenvalue weighted by Gasteiger charge is -2.22. The van der Waals surface area contributed by atoms with Crippen LogP contribution in [0.4, 0.5) is 11.4 Å². The molecule has 0 N–H and O–H groups in total. The van der Waals surface area contributed by atoms with E-state index in [1.54, 1.807) is 62.6 Å². The average Bonchev–Trinajstić information content (AvgIpc) is 2.92. The molecule has 0 radical (unpaired) electrons. The Kier molecular flexibility index (Phi) is 8.57. The molecule has 186 valence electrons. The Balaban J connectivity index is 1.56. The van der Waals surface area contributed by atoms with E-state index in [1.807, 2.05) is 12.1 Å². The molecule has 3 aromatic rings. The van der Waals surface area contributed by atoms with Gasteiger partial charge in [0.25, 0.3) is 11.8 Å². The third-order valence-electron chi connectivity index (χ3n) is 5.57. The number of likely N-dealkylation sites (N-methyl/N-ethyl adjacent to an activating group) is 2. The predicted molar refractivity (Wildman–Crippen MR) is 136 cm³/mol. The summed E-state index contributed by atoms with van der Waals surface area (Å²) in [5.41, 5.74) is 1.69. The first-order valence-corrected chi connectivity index (χ1v) is 11.4. The Bertz CT molecular complexity index is 1120. The Morgan fingerprint density at radius 2 is 0.861 bits per heavy atom. The lowest BCUT2D eigenvalue weighted by Crippen LogP contribution is -2.37. The minimum absolute atomic E-state index is 0.168. The number of carbonyl (C=O) groups excluding carboxylic acids is 4. The summed E-state index contributed by atoms with van der Waals surface area (Å²) in [4.78, 5) is 53.1. The third kappa shape index (κ3) is 6.35. The largest absolute Gasteiger partial charge is 0.449 e. The van der Waals surface area contributed by atoms with Crippen molar-refractivity contribution in [3.63, 3.8) is 0 Å². The highest BCUT2D eigenvalue weighted by Gasteiger charge is 2.25. The van der Waals surface area contributed by atoms with Crippen LogP contribution in [0, 0.1) is 0 Å². The number of ether oxygens (including phenoxy) is 2. The molecule has 0 aliphatic heterocycles. The summed E-state index contributed by atoms with van der Waals surface area (Å²) < 4.78 is 10.6. The molecule has 3 aromatic carbocycles. The highest BCUT2D eigenvalue weighted by molar-refractivity contribution is 6.00. The maximum absolute atomic E-state index is 12.6. The molecular formula is C28H28N2O6. The molecule has 0 aliphatic rings. The average molecular weight is 489 g/mol. The number of nitrogens with zero attached hydrogens (tertiary/aromatic N) is 2. The van der Waals surface area contributed by atoms with E-state index in [9.17, 15) is 19.2 Å². The smallest absolute Gasteiger partial charge is 0.338 e. The number of benzene rings is 3. The van der Waals surface area contributed by atoms with Gasteiger partial charge in [0, 0.05) is 25.5 Å². The van der Waals surface area contributed by atoms with E-state index < -0.39 is 24.1 Å². The molecule has 3 rings (SSSR count). The molecule has 0 unspecified atom stereocenters. The number of esters is 2. The summed E-state index contributed by atoms with van der Waals surface area (Å²) in [6, 6.07) is 23.6. The molecule has 2 amide bonds. The highest BCUT2D eigenvalue weighted by Crippen LogP contribution is 2.16. The van der Waals surface area contributed by atoms with Crippen LogP contribution in [0.15, 0.2) is 84.9 Å². The Morgan fingerprint density at radius 1 is 0.556 bits per heavy atom. The Morgan fingerprint density at radius 3 is 1.17 bits per heavy atom. The van der Waals surface area contributed by atoms with Crippen molar-refractivity contribution in [3.05, 3.63) is 96.1 Å². The van der Waals surface area contributed by atoms with Crippen LogP contribution >= 0.6 is 0 Å². The van der Waals surface area contributed by atoms with E-state index in [2.05, 4.69) is 0 Å². The molecule has 0 heterocycles. The summed E-state index contributed by atoms with van der Waals surface area (Å²) in [7, 11) is 3.21. The highest BCUT2D eigenvalue weighted by atomic mass is 16.6. The normalized spacial score (nSPS) is 12.1. The number of hydrogen-bond acceptors (Lipinski definition) is 6. The van der Waals surface area contributed by atoms with Gasteiger partial charge in [-0.15, -0.1) is 0 Å². The molecule has 0 aliphatic carbocycles. The summed E-state index contributed by atoms with van der Waals surface area (Å²) in [5.74, 6) is -2.17. The van der Waals surface area contributed by atoms with E-state index in [0.29, 0.717) is 11.4 Å². The third-order valence-corrected chi connectivity index (χ3v) is 5.57.